The van der Waals surface area contributed by atoms with Crippen LogP contribution < -0.4 is 0 Å². The predicted molar refractivity (Wildman–Crippen MR) is 84.0 cm³/mol. The van der Waals surface area contributed by atoms with E-state index in [1.165, 1.54) is 12.1 Å². The Labute approximate surface area is 139 Å². The fourth-order valence-corrected chi connectivity index (χ4v) is 3.29. The van der Waals surface area contributed by atoms with Crippen LogP contribution in [0.3, 0.4) is 0 Å². The number of oxazole rings is 1. The summed E-state index contributed by atoms with van der Waals surface area (Å²) < 4.78 is 18.9. The third-order valence-electron chi connectivity index (χ3n) is 4.73. The van der Waals surface area contributed by atoms with Gasteiger partial charge in [-0.15, -0.1) is 0 Å². The minimum atomic E-state index is -0.602. The van der Waals surface area contributed by atoms with Crippen LogP contribution in [0.15, 0.2) is 28.7 Å². The quantitative estimate of drug-likeness (QED) is 0.939. The molecule has 1 amide bonds. The number of β-amino-alcohol motifs (C(OH)–C–C–N with tert-alkyl or cyclic N) is 1. The summed E-state index contributed by atoms with van der Waals surface area (Å²) >= 11 is 0. The van der Waals surface area contributed by atoms with Gasteiger partial charge in [0, 0.05) is 12.5 Å². The second kappa shape index (κ2) is 5.70. The van der Waals surface area contributed by atoms with Crippen molar-refractivity contribution in [2.75, 3.05) is 6.54 Å². The van der Waals surface area contributed by atoms with Gasteiger partial charge in [-0.2, -0.15) is 0 Å². The number of hydrogen-bond donors (Lipinski definition) is 1. The molecule has 2 heterocycles. The van der Waals surface area contributed by atoms with E-state index >= 15 is 0 Å². The number of aliphatic hydroxyl groups is 1. The largest absolute Gasteiger partial charge is 0.435 e. The second-order valence-electron chi connectivity index (χ2n) is 6.66. The molecule has 2 aromatic rings. The van der Waals surface area contributed by atoms with E-state index in [1.54, 1.807) is 24.0 Å². The Morgan fingerprint density at radius 3 is 2.71 bits per heavy atom. The number of aryl methyl sites for hydroxylation is 1. The topological polar surface area (TPSA) is 66.6 Å². The number of hydrogen-bond acceptors (Lipinski definition) is 4. The molecule has 0 bridgehead atoms. The highest BCUT2D eigenvalue weighted by Crippen LogP contribution is 2.41. The zero-order valence-electron chi connectivity index (χ0n) is 13.4. The zero-order chi connectivity index (χ0) is 16.8. The van der Waals surface area contributed by atoms with Gasteiger partial charge in [0.05, 0.1) is 17.8 Å². The molecule has 2 fully saturated rings. The number of halogens is 1. The summed E-state index contributed by atoms with van der Waals surface area (Å²) in [6.45, 7) is 2.00. The molecule has 1 aromatic carbocycles. The highest BCUT2D eigenvalue weighted by molar-refractivity contribution is 5.93. The summed E-state index contributed by atoms with van der Waals surface area (Å²) in [7, 11) is 0. The summed E-state index contributed by atoms with van der Waals surface area (Å²) in [6, 6.07) is 5.76. The van der Waals surface area contributed by atoms with Gasteiger partial charge >= 0.3 is 0 Å². The molecule has 24 heavy (non-hydrogen) atoms. The van der Waals surface area contributed by atoms with Crippen LogP contribution in [0.5, 0.6) is 0 Å². The molecule has 2 atom stereocenters. The minimum Gasteiger partial charge on any atom is -0.435 e. The van der Waals surface area contributed by atoms with Gasteiger partial charge in [0.1, 0.15) is 5.82 Å². The summed E-state index contributed by atoms with van der Waals surface area (Å²) in [6.07, 6.45) is 1.93. The Morgan fingerprint density at radius 1 is 1.33 bits per heavy atom. The first-order valence-corrected chi connectivity index (χ1v) is 8.24. The lowest BCUT2D eigenvalue weighted by Crippen LogP contribution is -2.32. The average molecular weight is 330 g/mol. The Balaban J connectivity index is 1.63. The van der Waals surface area contributed by atoms with E-state index in [2.05, 4.69) is 4.98 Å². The van der Waals surface area contributed by atoms with E-state index in [-0.39, 0.29) is 30.1 Å². The molecule has 1 saturated heterocycles. The van der Waals surface area contributed by atoms with Crippen molar-refractivity contribution < 1.29 is 18.7 Å². The number of amides is 1. The molecule has 1 aromatic heterocycles. The Kier molecular flexibility index (Phi) is 3.64. The van der Waals surface area contributed by atoms with Gasteiger partial charge in [-0.3, -0.25) is 4.79 Å². The molecule has 1 aliphatic heterocycles. The maximum atomic E-state index is 13.2. The Hall–Kier alpha value is -2.21. The molecular formula is C18H19FN2O3. The molecule has 126 valence electrons. The predicted octanol–water partition coefficient (Wildman–Crippen LogP) is 2.95. The third kappa shape index (κ3) is 2.71. The van der Waals surface area contributed by atoms with Crippen molar-refractivity contribution >= 4 is 5.91 Å². The van der Waals surface area contributed by atoms with Crippen molar-refractivity contribution in [3.63, 3.8) is 0 Å². The molecule has 6 heteroatoms. The molecule has 2 aliphatic rings. The summed E-state index contributed by atoms with van der Waals surface area (Å²) in [5.74, 6) is 0.627. The zero-order valence-corrected chi connectivity index (χ0v) is 13.4. The number of carbonyl (C=O) groups excluding carboxylic acids is 1. The molecule has 0 spiro atoms. The van der Waals surface area contributed by atoms with Crippen LogP contribution in [0.1, 0.15) is 58.9 Å². The SMILES string of the molecule is Cc1nc(C2CC2)oc1C(=O)N1C[C@H](O)C[C@H]1c1ccc(F)cc1. The van der Waals surface area contributed by atoms with Crippen molar-refractivity contribution in [3.8, 4) is 0 Å². The van der Waals surface area contributed by atoms with Crippen LogP contribution in [0.25, 0.3) is 0 Å². The van der Waals surface area contributed by atoms with E-state index in [0.29, 0.717) is 23.9 Å². The molecule has 4 rings (SSSR count). The van der Waals surface area contributed by atoms with E-state index in [4.69, 9.17) is 4.42 Å². The molecule has 0 unspecified atom stereocenters. The lowest BCUT2D eigenvalue weighted by Gasteiger charge is -2.24. The normalized spacial score (nSPS) is 23.7. The third-order valence-corrected chi connectivity index (χ3v) is 4.73. The van der Waals surface area contributed by atoms with E-state index < -0.39 is 6.10 Å². The van der Waals surface area contributed by atoms with Crippen molar-refractivity contribution in [3.05, 3.63) is 53.0 Å². The first-order valence-electron chi connectivity index (χ1n) is 8.24. The number of benzene rings is 1. The molecule has 1 N–H and O–H groups in total. The molecule has 0 radical (unpaired) electrons. The summed E-state index contributed by atoms with van der Waals surface area (Å²) in [4.78, 5) is 18.9. The number of carbonyl (C=O) groups is 1. The second-order valence-corrected chi connectivity index (χ2v) is 6.66. The van der Waals surface area contributed by atoms with E-state index in [9.17, 15) is 14.3 Å². The van der Waals surface area contributed by atoms with Gasteiger partial charge in [0.15, 0.2) is 5.89 Å². The molecule has 1 saturated carbocycles. The van der Waals surface area contributed by atoms with Gasteiger partial charge in [-0.25, -0.2) is 9.37 Å². The van der Waals surface area contributed by atoms with Gasteiger partial charge in [-0.1, -0.05) is 12.1 Å². The number of aromatic nitrogens is 1. The maximum Gasteiger partial charge on any atom is 0.292 e. The van der Waals surface area contributed by atoms with Crippen LogP contribution in [-0.2, 0) is 0 Å². The van der Waals surface area contributed by atoms with Gasteiger partial charge < -0.3 is 14.4 Å². The van der Waals surface area contributed by atoms with Crippen molar-refractivity contribution in [2.24, 2.45) is 0 Å². The van der Waals surface area contributed by atoms with Crippen LogP contribution in [0.2, 0.25) is 0 Å². The lowest BCUT2D eigenvalue weighted by molar-refractivity contribution is 0.0681. The Bertz CT molecular complexity index is 767. The fourth-order valence-electron chi connectivity index (χ4n) is 3.29. The van der Waals surface area contributed by atoms with Crippen LogP contribution in [-0.4, -0.2) is 33.5 Å². The molecule has 5 nitrogen and oxygen atoms in total. The molecule has 1 aliphatic carbocycles. The fraction of sp³-hybridized carbons (Fsp3) is 0.444. The standard InChI is InChI=1S/C18H19FN2O3/c1-10-16(24-17(20-10)12-2-3-12)18(23)21-9-14(22)8-15(21)11-4-6-13(19)7-5-11/h4-7,12,14-15,22H,2-3,8-9H2,1H3/t14-,15+/m1/s1. The van der Waals surface area contributed by atoms with E-state index in [1.807, 2.05) is 0 Å². The van der Waals surface area contributed by atoms with Crippen molar-refractivity contribution in [1.29, 1.82) is 0 Å². The smallest absolute Gasteiger partial charge is 0.292 e. The number of aliphatic hydroxyl groups excluding tert-OH is 1. The monoisotopic (exact) mass is 330 g/mol. The lowest BCUT2D eigenvalue weighted by atomic mass is 10.0. The number of nitrogens with zero attached hydrogens (tertiary/aromatic N) is 2. The van der Waals surface area contributed by atoms with E-state index in [0.717, 1.165) is 18.4 Å². The number of rotatable bonds is 3. The number of likely N-dealkylation sites (tertiary alicyclic amines) is 1. The maximum absolute atomic E-state index is 13.2. The van der Waals surface area contributed by atoms with Crippen LogP contribution in [0, 0.1) is 12.7 Å². The highest BCUT2D eigenvalue weighted by atomic mass is 19.1. The van der Waals surface area contributed by atoms with Gasteiger partial charge in [0.2, 0.25) is 5.76 Å². The first-order chi connectivity index (χ1) is 11.5. The first kappa shape index (κ1) is 15.3. The van der Waals surface area contributed by atoms with Gasteiger partial charge in [0.25, 0.3) is 5.91 Å². The van der Waals surface area contributed by atoms with Crippen LogP contribution in [0.4, 0.5) is 4.39 Å². The van der Waals surface area contributed by atoms with Crippen molar-refractivity contribution in [2.45, 2.75) is 44.2 Å². The molecular weight excluding hydrogens is 311 g/mol. The van der Waals surface area contributed by atoms with Gasteiger partial charge in [-0.05, 0) is 43.9 Å². The Morgan fingerprint density at radius 2 is 2.04 bits per heavy atom. The van der Waals surface area contributed by atoms with Crippen molar-refractivity contribution in [1.82, 2.24) is 9.88 Å². The van der Waals surface area contributed by atoms with Crippen LogP contribution >= 0.6 is 0 Å². The average Bonchev–Trinajstić information content (AvgIpc) is 3.23. The summed E-state index contributed by atoms with van der Waals surface area (Å²) in [5.41, 5.74) is 1.39. The minimum absolute atomic E-state index is 0.236. The summed E-state index contributed by atoms with van der Waals surface area (Å²) in [5, 5.41) is 10.0. The highest BCUT2D eigenvalue weighted by Gasteiger charge is 2.39.